The molecule has 0 radical (unpaired) electrons. The lowest BCUT2D eigenvalue weighted by molar-refractivity contribution is 0.145. The molecular formula is C10H12ClF2N. The van der Waals surface area contributed by atoms with Crippen molar-refractivity contribution in [2.24, 2.45) is 0 Å². The third kappa shape index (κ3) is 3.60. The van der Waals surface area contributed by atoms with Crippen LogP contribution in [0, 0.1) is 6.92 Å². The lowest BCUT2D eigenvalue weighted by Crippen LogP contribution is -2.20. The Morgan fingerprint density at radius 1 is 1.43 bits per heavy atom. The Morgan fingerprint density at radius 3 is 2.71 bits per heavy atom. The van der Waals surface area contributed by atoms with Gasteiger partial charge in [0.15, 0.2) is 0 Å². The molecule has 14 heavy (non-hydrogen) atoms. The largest absolute Gasteiger partial charge is 0.307 e. The summed E-state index contributed by atoms with van der Waals surface area (Å²) < 4.78 is 23.6. The number of halogens is 3. The maximum atomic E-state index is 11.8. The van der Waals surface area contributed by atoms with Crippen molar-refractivity contribution in [1.29, 1.82) is 0 Å². The summed E-state index contributed by atoms with van der Waals surface area (Å²) in [4.78, 5) is 0. The van der Waals surface area contributed by atoms with Gasteiger partial charge in [-0.25, -0.2) is 8.78 Å². The number of alkyl halides is 2. The molecule has 1 rings (SSSR count). The SMILES string of the molecule is Cc1ccc(CNCC(F)F)cc1Cl. The zero-order valence-electron chi connectivity index (χ0n) is 7.86. The van der Waals surface area contributed by atoms with Crippen molar-refractivity contribution >= 4 is 11.6 Å². The molecule has 0 saturated carbocycles. The van der Waals surface area contributed by atoms with Gasteiger partial charge < -0.3 is 5.32 Å². The fourth-order valence-corrected chi connectivity index (χ4v) is 1.28. The minimum atomic E-state index is -2.31. The van der Waals surface area contributed by atoms with E-state index in [0.29, 0.717) is 11.6 Å². The first kappa shape index (κ1) is 11.4. The van der Waals surface area contributed by atoms with Crippen LogP contribution >= 0.6 is 11.6 Å². The standard InChI is InChI=1S/C10H12ClF2N/c1-7-2-3-8(4-9(7)11)5-14-6-10(12)13/h2-4,10,14H,5-6H2,1H3. The molecule has 0 saturated heterocycles. The highest BCUT2D eigenvalue weighted by Crippen LogP contribution is 2.16. The van der Waals surface area contributed by atoms with Crippen LogP contribution in [0.1, 0.15) is 11.1 Å². The summed E-state index contributed by atoms with van der Waals surface area (Å²) in [7, 11) is 0. The Balaban J connectivity index is 2.47. The first-order valence-corrected chi connectivity index (χ1v) is 4.71. The fraction of sp³-hybridized carbons (Fsp3) is 0.400. The van der Waals surface area contributed by atoms with Crippen molar-refractivity contribution in [3.05, 3.63) is 34.3 Å². The van der Waals surface area contributed by atoms with Crippen LogP contribution in [0.3, 0.4) is 0 Å². The van der Waals surface area contributed by atoms with E-state index in [2.05, 4.69) is 5.32 Å². The summed E-state index contributed by atoms with van der Waals surface area (Å²) in [5, 5.41) is 3.31. The molecule has 0 heterocycles. The number of benzene rings is 1. The maximum Gasteiger partial charge on any atom is 0.250 e. The maximum absolute atomic E-state index is 11.8. The van der Waals surface area contributed by atoms with E-state index in [1.807, 2.05) is 19.1 Å². The smallest absolute Gasteiger partial charge is 0.250 e. The molecule has 0 atom stereocenters. The highest BCUT2D eigenvalue weighted by Gasteiger charge is 2.01. The van der Waals surface area contributed by atoms with Crippen LogP contribution in [0.5, 0.6) is 0 Å². The zero-order chi connectivity index (χ0) is 10.6. The van der Waals surface area contributed by atoms with E-state index in [0.717, 1.165) is 11.1 Å². The van der Waals surface area contributed by atoms with Gasteiger partial charge in [0.25, 0.3) is 6.43 Å². The molecule has 0 spiro atoms. The third-order valence-electron chi connectivity index (χ3n) is 1.86. The van der Waals surface area contributed by atoms with E-state index in [1.54, 1.807) is 6.07 Å². The van der Waals surface area contributed by atoms with Crippen LogP contribution in [0.2, 0.25) is 5.02 Å². The number of hydrogen-bond donors (Lipinski definition) is 1. The van der Waals surface area contributed by atoms with Crippen LogP contribution in [-0.4, -0.2) is 13.0 Å². The predicted molar refractivity (Wildman–Crippen MR) is 53.9 cm³/mol. The topological polar surface area (TPSA) is 12.0 Å². The van der Waals surface area contributed by atoms with Crippen molar-refractivity contribution in [2.45, 2.75) is 19.9 Å². The van der Waals surface area contributed by atoms with Crippen molar-refractivity contribution in [3.63, 3.8) is 0 Å². The third-order valence-corrected chi connectivity index (χ3v) is 2.27. The average molecular weight is 220 g/mol. The van der Waals surface area contributed by atoms with Crippen molar-refractivity contribution in [2.75, 3.05) is 6.54 Å². The lowest BCUT2D eigenvalue weighted by atomic mass is 10.1. The molecule has 0 aliphatic rings. The number of nitrogens with one attached hydrogen (secondary N) is 1. The number of aryl methyl sites for hydroxylation is 1. The summed E-state index contributed by atoms with van der Waals surface area (Å²) >= 11 is 5.88. The Kier molecular flexibility index (Phi) is 4.29. The van der Waals surface area contributed by atoms with Crippen molar-refractivity contribution < 1.29 is 8.78 Å². The first-order chi connectivity index (χ1) is 6.59. The van der Waals surface area contributed by atoms with Gasteiger partial charge in [-0.2, -0.15) is 0 Å². The highest BCUT2D eigenvalue weighted by atomic mass is 35.5. The minimum absolute atomic E-state index is 0.286. The predicted octanol–water partition coefficient (Wildman–Crippen LogP) is 3.00. The summed E-state index contributed by atoms with van der Waals surface area (Å²) in [6.07, 6.45) is -2.31. The second-order valence-corrected chi connectivity index (χ2v) is 3.51. The molecular weight excluding hydrogens is 208 g/mol. The molecule has 0 bridgehead atoms. The summed E-state index contributed by atoms with van der Waals surface area (Å²) in [5.41, 5.74) is 1.91. The molecule has 0 unspecified atom stereocenters. The van der Waals surface area contributed by atoms with Gasteiger partial charge in [-0.3, -0.25) is 0 Å². The van der Waals surface area contributed by atoms with E-state index < -0.39 is 6.43 Å². The molecule has 78 valence electrons. The van der Waals surface area contributed by atoms with Crippen LogP contribution < -0.4 is 5.32 Å². The Bertz CT molecular complexity index is 302. The van der Waals surface area contributed by atoms with E-state index in [1.165, 1.54) is 0 Å². The van der Waals surface area contributed by atoms with Gasteiger partial charge >= 0.3 is 0 Å². The Morgan fingerprint density at radius 2 is 2.14 bits per heavy atom. The summed E-state index contributed by atoms with van der Waals surface area (Å²) in [6.45, 7) is 2.04. The van der Waals surface area contributed by atoms with Crippen LogP contribution in [0.4, 0.5) is 8.78 Å². The second kappa shape index (κ2) is 5.27. The minimum Gasteiger partial charge on any atom is -0.307 e. The molecule has 1 aromatic carbocycles. The molecule has 0 aliphatic carbocycles. The van der Waals surface area contributed by atoms with E-state index >= 15 is 0 Å². The summed E-state index contributed by atoms with van der Waals surface area (Å²) in [6, 6.07) is 5.54. The van der Waals surface area contributed by atoms with Crippen LogP contribution in [0.15, 0.2) is 18.2 Å². The van der Waals surface area contributed by atoms with Crippen LogP contribution in [-0.2, 0) is 6.54 Å². The van der Waals surface area contributed by atoms with Gasteiger partial charge in [0.1, 0.15) is 0 Å². The van der Waals surface area contributed by atoms with Gasteiger partial charge in [0, 0.05) is 11.6 Å². The normalized spacial score (nSPS) is 10.9. The van der Waals surface area contributed by atoms with E-state index in [4.69, 9.17) is 11.6 Å². The molecule has 1 nitrogen and oxygen atoms in total. The van der Waals surface area contributed by atoms with E-state index in [9.17, 15) is 8.78 Å². The first-order valence-electron chi connectivity index (χ1n) is 4.33. The quantitative estimate of drug-likeness (QED) is 0.821. The second-order valence-electron chi connectivity index (χ2n) is 3.11. The lowest BCUT2D eigenvalue weighted by Gasteiger charge is -2.05. The summed E-state index contributed by atoms with van der Waals surface area (Å²) in [5.74, 6) is 0. The van der Waals surface area contributed by atoms with Gasteiger partial charge in [0.05, 0.1) is 6.54 Å². The highest BCUT2D eigenvalue weighted by molar-refractivity contribution is 6.31. The number of hydrogen-bond acceptors (Lipinski definition) is 1. The average Bonchev–Trinajstić information content (AvgIpc) is 2.10. The molecule has 4 heteroatoms. The van der Waals surface area contributed by atoms with Crippen LogP contribution in [0.25, 0.3) is 0 Å². The van der Waals surface area contributed by atoms with Gasteiger partial charge in [0.2, 0.25) is 0 Å². The molecule has 0 amide bonds. The molecule has 0 aliphatic heterocycles. The number of rotatable bonds is 4. The molecule has 0 fully saturated rings. The molecule has 0 aromatic heterocycles. The van der Waals surface area contributed by atoms with Gasteiger partial charge in [-0.05, 0) is 24.1 Å². The molecule has 1 aromatic rings. The fourth-order valence-electron chi connectivity index (χ4n) is 1.07. The van der Waals surface area contributed by atoms with Crippen molar-refractivity contribution in [3.8, 4) is 0 Å². The van der Waals surface area contributed by atoms with E-state index in [-0.39, 0.29) is 6.54 Å². The van der Waals surface area contributed by atoms with Gasteiger partial charge in [-0.15, -0.1) is 0 Å². The van der Waals surface area contributed by atoms with Crippen molar-refractivity contribution in [1.82, 2.24) is 5.32 Å². The Hall–Kier alpha value is -0.670. The molecule has 1 N–H and O–H groups in total. The zero-order valence-corrected chi connectivity index (χ0v) is 8.61. The van der Waals surface area contributed by atoms with Gasteiger partial charge in [-0.1, -0.05) is 23.7 Å². The Labute approximate surface area is 87.1 Å². The monoisotopic (exact) mass is 219 g/mol.